The molecule has 1 aromatic carbocycles. The number of morpholine rings is 1. The third kappa shape index (κ3) is 3.90. The molecule has 2 aromatic rings. The van der Waals surface area contributed by atoms with E-state index in [1.165, 1.54) is 6.20 Å². The Morgan fingerprint density at radius 3 is 2.91 bits per heavy atom. The highest BCUT2D eigenvalue weighted by Gasteiger charge is 2.16. The summed E-state index contributed by atoms with van der Waals surface area (Å²) >= 11 is 6.03. The van der Waals surface area contributed by atoms with Crippen LogP contribution in [0.3, 0.4) is 0 Å². The van der Waals surface area contributed by atoms with Crippen molar-refractivity contribution in [3.63, 3.8) is 0 Å². The summed E-state index contributed by atoms with van der Waals surface area (Å²) in [5.41, 5.74) is 0.540. The first-order chi connectivity index (χ1) is 11.1. The molecule has 1 atom stereocenters. The zero-order chi connectivity index (χ0) is 16.2. The summed E-state index contributed by atoms with van der Waals surface area (Å²) in [6.07, 6.45) is 0.890. The SMILES string of the molecule is OC(CNc1ccc2c(Cl)ccnc2c1F)CN1CCOCC1. The van der Waals surface area contributed by atoms with E-state index >= 15 is 0 Å². The van der Waals surface area contributed by atoms with Gasteiger partial charge in [0, 0.05) is 37.8 Å². The van der Waals surface area contributed by atoms with E-state index in [2.05, 4.69) is 15.2 Å². The lowest BCUT2D eigenvalue weighted by atomic mass is 10.2. The molecule has 0 spiro atoms. The molecule has 1 saturated heterocycles. The molecule has 5 nitrogen and oxygen atoms in total. The molecule has 2 N–H and O–H groups in total. The van der Waals surface area contributed by atoms with E-state index in [9.17, 15) is 9.50 Å². The quantitative estimate of drug-likeness (QED) is 0.874. The van der Waals surface area contributed by atoms with Gasteiger partial charge in [0.15, 0.2) is 5.82 Å². The van der Waals surface area contributed by atoms with E-state index in [0.29, 0.717) is 35.9 Å². The van der Waals surface area contributed by atoms with Gasteiger partial charge in [-0.1, -0.05) is 11.6 Å². The molecule has 23 heavy (non-hydrogen) atoms. The van der Waals surface area contributed by atoms with Gasteiger partial charge in [-0.25, -0.2) is 4.39 Å². The Bertz CT molecular complexity index is 680. The smallest absolute Gasteiger partial charge is 0.172 e. The van der Waals surface area contributed by atoms with Gasteiger partial charge < -0.3 is 15.2 Å². The van der Waals surface area contributed by atoms with Crippen molar-refractivity contribution in [3.8, 4) is 0 Å². The molecule has 0 saturated carbocycles. The number of halogens is 2. The standard InChI is InChI=1S/C16H19ClFN3O2/c17-13-3-4-19-16-12(13)1-2-14(15(16)18)20-9-11(22)10-21-5-7-23-8-6-21/h1-4,11,20,22H,5-10H2. The fraction of sp³-hybridized carbons (Fsp3) is 0.438. The predicted octanol–water partition coefficient (Wildman–Crippen LogP) is 2.13. The predicted molar refractivity (Wildman–Crippen MR) is 88.5 cm³/mol. The van der Waals surface area contributed by atoms with Crippen LogP contribution in [0.1, 0.15) is 0 Å². The first-order valence-corrected chi connectivity index (χ1v) is 7.97. The van der Waals surface area contributed by atoms with Crippen LogP contribution >= 0.6 is 11.6 Å². The minimum Gasteiger partial charge on any atom is -0.390 e. The molecule has 1 fully saturated rings. The number of hydrogen-bond donors (Lipinski definition) is 2. The van der Waals surface area contributed by atoms with E-state index in [1.807, 2.05) is 0 Å². The zero-order valence-electron chi connectivity index (χ0n) is 12.6. The first kappa shape index (κ1) is 16.4. The average Bonchev–Trinajstić information content (AvgIpc) is 2.56. The number of nitrogens with one attached hydrogen (secondary N) is 1. The molecule has 1 aliphatic rings. The lowest BCUT2D eigenvalue weighted by Crippen LogP contribution is -2.42. The summed E-state index contributed by atoms with van der Waals surface area (Å²) < 4.78 is 19.7. The molecule has 1 aliphatic heterocycles. The number of aliphatic hydroxyl groups excluding tert-OH is 1. The number of hydrogen-bond acceptors (Lipinski definition) is 5. The van der Waals surface area contributed by atoms with Crippen molar-refractivity contribution in [2.45, 2.75) is 6.10 Å². The number of aliphatic hydroxyl groups is 1. The summed E-state index contributed by atoms with van der Waals surface area (Å²) in [6, 6.07) is 4.97. The number of benzene rings is 1. The van der Waals surface area contributed by atoms with E-state index in [1.54, 1.807) is 18.2 Å². The Balaban J connectivity index is 1.63. The third-order valence-electron chi connectivity index (χ3n) is 3.90. The number of nitrogens with zero attached hydrogens (tertiary/aromatic N) is 2. The summed E-state index contributed by atoms with van der Waals surface area (Å²) in [5, 5.41) is 14.1. The number of anilines is 1. The van der Waals surface area contributed by atoms with Crippen LogP contribution < -0.4 is 5.32 Å². The van der Waals surface area contributed by atoms with Crippen LogP contribution in [-0.4, -0.2) is 60.5 Å². The molecule has 3 rings (SSSR count). The molecule has 1 unspecified atom stereocenters. The summed E-state index contributed by atoms with van der Waals surface area (Å²) in [7, 11) is 0. The molecule has 124 valence electrons. The lowest BCUT2D eigenvalue weighted by molar-refractivity contribution is 0.0171. The molecule has 0 aliphatic carbocycles. The minimum absolute atomic E-state index is 0.227. The number of rotatable bonds is 5. The average molecular weight is 340 g/mol. The van der Waals surface area contributed by atoms with Crippen LogP contribution in [0, 0.1) is 5.82 Å². The van der Waals surface area contributed by atoms with Gasteiger partial charge in [0.2, 0.25) is 0 Å². The summed E-state index contributed by atoms with van der Waals surface area (Å²) in [4.78, 5) is 6.17. The summed E-state index contributed by atoms with van der Waals surface area (Å²) in [6.45, 7) is 3.79. The van der Waals surface area contributed by atoms with Crippen molar-refractivity contribution in [2.75, 3.05) is 44.7 Å². The Kier molecular flexibility index (Phi) is 5.27. The highest BCUT2D eigenvalue weighted by molar-refractivity contribution is 6.35. The molecule has 7 heteroatoms. The second-order valence-electron chi connectivity index (χ2n) is 5.56. The maximum Gasteiger partial charge on any atom is 0.172 e. The number of β-amino-alcohol motifs (C(OH)–C–C–N with tert-alkyl or cyclic N) is 1. The Labute approximate surface area is 139 Å². The fourth-order valence-electron chi connectivity index (χ4n) is 2.66. The Morgan fingerprint density at radius 2 is 2.13 bits per heavy atom. The summed E-state index contributed by atoms with van der Waals surface area (Å²) in [5.74, 6) is -0.455. The monoisotopic (exact) mass is 339 g/mol. The van der Waals surface area contributed by atoms with Crippen molar-refractivity contribution < 1.29 is 14.2 Å². The zero-order valence-corrected chi connectivity index (χ0v) is 13.4. The van der Waals surface area contributed by atoms with Gasteiger partial charge in [-0.15, -0.1) is 0 Å². The maximum atomic E-state index is 14.5. The van der Waals surface area contributed by atoms with Crippen LogP contribution in [0.4, 0.5) is 10.1 Å². The van der Waals surface area contributed by atoms with Crippen molar-refractivity contribution >= 4 is 28.2 Å². The van der Waals surface area contributed by atoms with Gasteiger partial charge in [0.1, 0.15) is 5.52 Å². The van der Waals surface area contributed by atoms with Gasteiger partial charge in [-0.2, -0.15) is 0 Å². The maximum absolute atomic E-state index is 14.5. The molecule has 0 bridgehead atoms. The number of fused-ring (bicyclic) bond motifs is 1. The van der Waals surface area contributed by atoms with E-state index < -0.39 is 11.9 Å². The topological polar surface area (TPSA) is 57.6 Å². The van der Waals surface area contributed by atoms with Gasteiger partial charge in [0.25, 0.3) is 0 Å². The van der Waals surface area contributed by atoms with Crippen LogP contribution in [0.15, 0.2) is 24.4 Å². The van der Waals surface area contributed by atoms with Crippen LogP contribution in [0.25, 0.3) is 10.9 Å². The number of aromatic nitrogens is 1. The number of pyridine rings is 1. The van der Waals surface area contributed by atoms with E-state index in [0.717, 1.165) is 13.1 Å². The molecule has 0 radical (unpaired) electrons. The van der Waals surface area contributed by atoms with Crippen LogP contribution in [0.2, 0.25) is 5.02 Å². The van der Waals surface area contributed by atoms with Gasteiger partial charge >= 0.3 is 0 Å². The van der Waals surface area contributed by atoms with Crippen LogP contribution in [0.5, 0.6) is 0 Å². The fourth-order valence-corrected chi connectivity index (χ4v) is 2.87. The van der Waals surface area contributed by atoms with Gasteiger partial charge in [-0.3, -0.25) is 9.88 Å². The second-order valence-corrected chi connectivity index (χ2v) is 5.97. The van der Waals surface area contributed by atoms with Crippen molar-refractivity contribution in [1.82, 2.24) is 9.88 Å². The molecular formula is C16H19ClFN3O2. The van der Waals surface area contributed by atoms with Crippen molar-refractivity contribution in [2.24, 2.45) is 0 Å². The third-order valence-corrected chi connectivity index (χ3v) is 4.23. The van der Waals surface area contributed by atoms with Gasteiger partial charge in [-0.05, 0) is 18.2 Å². The number of ether oxygens (including phenoxy) is 1. The lowest BCUT2D eigenvalue weighted by Gasteiger charge is -2.28. The minimum atomic E-state index is -0.587. The van der Waals surface area contributed by atoms with Crippen molar-refractivity contribution in [3.05, 3.63) is 35.2 Å². The highest BCUT2D eigenvalue weighted by Crippen LogP contribution is 2.27. The molecule has 0 amide bonds. The Morgan fingerprint density at radius 1 is 1.35 bits per heavy atom. The van der Waals surface area contributed by atoms with E-state index in [-0.39, 0.29) is 12.1 Å². The molecular weight excluding hydrogens is 321 g/mol. The Hall–Kier alpha value is -1.47. The highest BCUT2D eigenvalue weighted by atomic mass is 35.5. The van der Waals surface area contributed by atoms with Crippen molar-refractivity contribution in [1.29, 1.82) is 0 Å². The largest absolute Gasteiger partial charge is 0.390 e. The van der Waals surface area contributed by atoms with E-state index in [4.69, 9.17) is 16.3 Å². The first-order valence-electron chi connectivity index (χ1n) is 7.60. The second kappa shape index (κ2) is 7.40. The normalized spacial score (nSPS) is 17.3. The molecule has 1 aromatic heterocycles. The van der Waals surface area contributed by atoms with Crippen LogP contribution in [-0.2, 0) is 4.74 Å². The van der Waals surface area contributed by atoms with Gasteiger partial charge in [0.05, 0.1) is 30.0 Å². The molecule has 2 heterocycles.